The third-order valence-corrected chi connectivity index (χ3v) is 12.1. The fourth-order valence-corrected chi connectivity index (χ4v) is 9.00. The van der Waals surface area contributed by atoms with Gasteiger partial charge in [-0.25, -0.2) is 14.8 Å². The molecule has 312 valence electrons. The second kappa shape index (κ2) is 16.9. The first-order chi connectivity index (χ1) is 28.8. The largest absolute Gasteiger partial charge is 0.481 e. The lowest BCUT2D eigenvalue weighted by molar-refractivity contribution is -0.130. The third-order valence-electron chi connectivity index (χ3n) is 11.3. The summed E-state index contributed by atoms with van der Waals surface area (Å²) in [5, 5.41) is 3.85. The highest BCUT2D eigenvalue weighted by molar-refractivity contribution is 6.39. The van der Waals surface area contributed by atoms with E-state index in [0.29, 0.717) is 87.4 Å². The minimum Gasteiger partial charge on any atom is -0.481 e. The summed E-state index contributed by atoms with van der Waals surface area (Å²) in [6.07, 6.45) is 5.38. The molecule has 8 rings (SSSR count). The van der Waals surface area contributed by atoms with E-state index in [4.69, 9.17) is 37.7 Å². The highest BCUT2D eigenvalue weighted by Gasteiger charge is 2.36. The molecule has 3 fully saturated rings. The molecule has 3 aromatic heterocycles. The lowest BCUT2D eigenvalue weighted by Gasteiger charge is -2.37. The van der Waals surface area contributed by atoms with Crippen LogP contribution in [-0.4, -0.2) is 97.9 Å². The van der Waals surface area contributed by atoms with Gasteiger partial charge in [-0.3, -0.25) is 23.7 Å². The maximum atomic E-state index is 13.6. The van der Waals surface area contributed by atoms with Gasteiger partial charge in [-0.1, -0.05) is 59.6 Å². The number of fused-ring (bicyclic) bond motifs is 2. The van der Waals surface area contributed by atoms with Crippen LogP contribution in [0.25, 0.3) is 39.2 Å². The fourth-order valence-electron chi connectivity index (χ4n) is 8.34. The van der Waals surface area contributed by atoms with E-state index in [2.05, 4.69) is 15.2 Å². The molecular weight excluding hydrogens is 805 g/mol. The zero-order valence-corrected chi connectivity index (χ0v) is 35.6. The average Bonchev–Trinajstić information content (AvgIpc) is 3.81. The van der Waals surface area contributed by atoms with Crippen molar-refractivity contribution in [3.63, 3.8) is 0 Å². The SMILES string of the molecule is COc1nc(-c2cccc(-c3cccc(-c4ccn5c(=O)c(CN6CCN7C(=O)CCC7C6)cnc5c4)c3Cl)c2Cl)ccc1CN(C[C@@H]1CCC(=O)N1)C(=O)OC(C)(C)C. The van der Waals surface area contributed by atoms with Gasteiger partial charge in [0.2, 0.25) is 17.7 Å². The number of hydrogen-bond acceptors (Lipinski definition) is 9. The summed E-state index contributed by atoms with van der Waals surface area (Å²) >= 11 is 14.4. The molecule has 1 N–H and O–H groups in total. The van der Waals surface area contributed by atoms with E-state index in [9.17, 15) is 19.2 Å². The first-order valence-corrected chi connectivity index (χ1v) is 20.9. The summed E-state index contributed by atoms with van der Waals surface area (Å²) in [7, 11) is 1.52. The lowest BCUT2D eigenvalue weighted by atomic mass is 9.97. The number of aromatic nitrogens is 3. The molecule has 0 bridgehead atoms. The van der Waals surface area contributed by atoms with Crippen molar-refractivity contribution < 1.29 is 23.9 Å². The number of methoxy groups -OCH3 is 1. The number of nitrogens with one attached hydrogen (secondary N) is 1. The number of amides is 3. The van der Waals surface area contributed by atoms with Gasteiger partial charge in [0.25, 0.3) is 5.56 Å². The van der Waals surface area contributed by atoms with E-state index in [1.165, 1.54) is 7.11 Å². The molecule has 0 radical (unpaired) electrons. The van der Waals surface area contributed by atoms with E-state index in [1.807, 2.05) is 86.3 Å². The number of carbonyl (C=O) groups excluding carboxylic acids is 3. The number of rotatable bonds is 10. The maximum Gasteiger partial charge on any atom is 0.410 e. The molecule has 13 nitrogen and oxygen atoms in total. The Morgan fingerprint density at radius 3 is 2.37 bits per heavy atom. The van der Waals surface area contributed by atoms with Gasteiger partial charge in [-0.15, -0.1) is 0 Å². The van der Waals surface area contributed by atoms with E-state index >= 15 is 0 Å². The predicted molar refractivity (Wildman–Crippen MR) is 230 cm³/mol. The molecule has 15 heteroatoms. The van der Waals surface area contributed by atoms with Crippen molar-refractivity contribution in [3.05, 3.63) is 105 Å². The second-order valence-electron chi connectivity index (χ2n) is 16.6. The van der Waals surface area contributed by atoms with Crippen LogP contribution in [0.3, 0.4) is 0 Å². The normalized spacial score (nSPS) is 18.1. The van der Waals surface area contributed by atoms with Gasteiger partial charge in [0.05, 0.1) is 35.0 Å². The van der Waals surface area contributed by atoms with E-state index < -0.39 is 11.7 Å². The molecule has 2 atom stereocenters. The molecule has 1 unspecified atom stereocenters. The lowest BCUT2D eigenvalue weighted by Crippen LogP contribution is -2.51. The first-order valence-electron chi connectivity index (χ1n) is 20.2. The monoisotopic (exact) mass is 851 g/mol. The van der Waals surface area contributed by atoms with Crippen molar-refractivity contribution in [2.24, 2.45) is 0 Å². The number of nitrogens with zero attached hydrogens (tertiary/aromatic N) is 6. The summed E-state index contributed by atoms with van der Waals surface area (Å²) in [4.78, 5) is 66.3. The molecule has 0 spiro atoms. The smallest absolute Gasteiger partial charge is 0.410 e. The minimum atomic E-state index is -0.709. The van der Waals surface area contributed by atoms with Gasteiger partial charge in [-0.05, 0) is 63.4 Å². The number of halogens is 2. The molecule has 2 aromatic carbocycles. The van der Waals surface area contributed by atoms with Crippen LogP contribution in [0.5, 0.6) is 5.88 Å². The maximum absolute atomic E-state index is 13.6. The van der Waals surface area contributed by atoms with Crippen LogP contribution in [-0.2, 0) is 27.4 Å². The van der Waals surface area contributed by atoms with Crippen LogP contribution in [0, 0.1) is 0 Å². The van der Waals surface area contributed by atoms with E-state index in [1.54, 1.807) is 21.7 Å². The van der Waals surface area contributed by atoms with Crippen LogP contribution in [0.2, 0.25) is 10.0 Å². The molecule has 6 heterocycles. The quantitative estimate of drug-likeness (QED) is 0.154. The van der Waals surface area contributed by atoms with Crippen molar-refractivity contribution in [2.75, 3.05) is 33.3 Å². The Morgan fingerprint density at radius 1 is 0.917 bits per heavy atom. The Bertz CT molecular complexity index is 2560. The summed E-state index contributed by atoms with van der Waals surface area (Å²) in [5.74, 6) is 0.504. The third kappa shape index (κ3) is 8.57. The summed E-state index contributed by atoms with van der Waals surface area (Å²) < 4.78 is 13.0. The van der Waals surface area contributed by atoms with Gasteiger partial charge >= 0.3 is 6.09 Å². The Labute approximate surface area is 358 Å². The van der Waals surface area contributed by atoms with Crippen LogP contribution >= 0.6 is 23.2 Å². The molecular formula is C45H47Cl2N7O6. The molecule has 60 heavy (non-hydrogen) atoms. The van der Waals surface area contributed by atoms with Crippen molar-refractivity contribution in [3.8, 4) is 39.4 Å². The Morgan fingerprint density at radius 2 is 1.65 bits per heavy atom. The molecule has 5 aromatic rings. The van der Waals surface area contributed by atoms with E-state index in [-0.39, 0.29) is 42.5 Å². The van der Waals surface area contributed by atoms with Crippen molar-refractivity contribution in [1.82, 2.24) is 34.4 Å². The first kappa shape index (κ1) is 41.2. The Kier molecular flexibility index (Phi) is 11.6. The summed E-state index contributed by atoms with van der Waals surface area (Å²) in [5.41, 5.74) is 5.07. The fraction of sp³-hybridized carbons (Fsp3) is 0.378. The van der Waals surface area contributed by atoms with Crippen molar-refractivity contribution in [1.29, 1.82) is 0 Å². The number of ether oxygens (including phenoxy) is 2. The highest BCUT2D eigenvalue weighted by Crippen LogP contribution is 2.42. The molecule has 0 saturated carbocycles. The average molecular weight is 853 g/mol. The Hall–Kier alpha value is -5.50. The molecule has 3 aliphatic rings. The topological polar surface area (TPSA) is 139 Å². The van der Waals surface area contributed by atoms with Crippen molar-refractivity contribution >= 4 is 46.8 Å². The minimum absolute atomic E-state index is 0.0381. The van der Waals surface area contributed by atoms with Gasteiger partial charge in [0, 0.05) is 97.9 Å². The van der Waals surface area contributed by atoms with E-state index in [0.717, 1.165) is 30.6 Å². The summed E-state index contributed by atoms with van der Waals surface area (Å²) in [6, 6.07) is 18.8. The standard InChI is InChI=1S/C45H47Cl2N7O6/c1-45(2,3)60-44(58)52(25-30-12-15-38(55)49-30)24-28-11-14-36(50-42(28)59-4)35-10-6-9-34(41(35)47)33-8-5-7-32(40(33)46)27-17-18-54-37(21-27)48-22-29(43(54)57)23-51-19-20-53-31(26-51)13-16-39(53)56/h5-11,14,17-18,21-22,30-31H,12-13,15-16,19-20,23-26H2,1-4H3,(H,49,55)/t30-,31?/m0/s1. The molecule has 3 saturated heterocycles. The van der Waals surface area contributed by atoms with Gasteiger partial charge < -0.3 is 24.6 Å². The molecule has 3 aliphatic heterocycles. The zero-order valence-electron chi connectivity index (χ0n) is 34.0. The van der Waals surface area contributed by atoms with Gasteiger partial charge in [0.15, 0.2) is 0 Å². The summed E-state index contributed by atoms with van der Waals surface area (Å²) in [6.45, 7) is 8.50. The number of pyridine rings is 2. The molecule has 0 aliphatic carbocycles. The number of hydrogen-bond donors (Lipinski definition) is 1. The molecule has 3 amide bonds. The number of piperazine rings is 1. The van der Waals surface area contributed by atoms with Crippen molar-refractivity contribution in [2.45, 2.75) is 77.2 Å². The van der Waals surface area contributed by atoms with Crippen LogP contribution in [0.15, 0.2) is 77.9 Å². The number of carbonyl (C=O) groups is 3. The zero-order chi connectivity index (χ0) is 42.3. The van der Waals surface area contributed by atoms with Crippen LogP contribution < -0.4 is 15.6 Å². The van der Waals surface area contributed by atoms with Gasteiger partial charge in [0.1, 0.15) is 11.2 Å². The second-order valence-corrected chi connectivity index (χ2v) is 17.4. The van der Waals surface area contributed by atoms with Crippen LogP contribution in [0.4, 0.5) is 4.79 Å². The highest BCUT2D eigenvalue weighted by atomic mass is 35.5. The van der Waals surface area contributed by atoms with Gasteiger partial charge in [-0.2, -0.15) is 0 Å². The number of benzene rings is 2. The Balaban J connectivity index is 1.03. The van der Waals surface area contributed by atoms with Crippen LogP contribution in [0.1, 0.15) is 57.6 Å². The predicted octanol–water partition coefficient (Wildman–Crippen LogP) is 7.23.